The third-order valence-corrected chi connectivity index (χ3v) is 3.97. The number of para-hydroxylation sites is 2. The summed E-state index contributed by atoms with van der Waals surface area (Å²) in [7, 11) is 0. The van der Waals surface area contributed by atoms with Gasteiger partial charge in [0.2, 0.25) is 5.88 Å². The van der Waals surface area contributed by atoms with Crippen LogP contribution in [0.4, 0.5) is 0 Å². The van der Waals surface area contributed by atoms with E-state index in [0.717, 1.165) is 56.7 Å². The number of benzene rings is 1. The van der Waals surface area contributed by atoms with Gasteiger partial charge in [-0.1, -0.05) is 18.2 Å². The van der Waals surface area contributed by atoms with Crippen molar-refractivity contribution in [2.45, 2.75) is 18.9 Å². The van der Waals surface area contributed by atoms with Gasteiger partial charge in [-0.3, -0.25) is 4.90 Å². The molecule has 23 heavy (non-hydrogen) atoms. The van der Waals surface area contributed by atoms with Crippen molar-refractivity contribution in [2.75, 3.05) is 32.8 Å². The van der Waals surface area contributed by atoms with Crippen molar-refractivity contribution >= 4 is 11.0 Å². The van der Waals surface area contributed by atoms with Crippen LogP contribution in [-0.2, 0) is 4.74 Å². The van der Waals surface area contributed by atoms with Crippen molar-refractivity contribution in [1.29, 1.82) is 0 Å². The molecule has 1 fully saturated rings. The second kappa shape index (κ2) is 8.04. The molecule has 5 nitrogen and oxygen atoms in total. The van der Waals surface area contributed by atoms with Gasteiger partial charge < -0.3 is 9.47 Å². The summed E-state index contributed by atoms with van der Waals surface area (Å²) in [5, 5.41) is 0. The first-order valence-corrected chi connectivity index (χ1v) is 8.14. The van der Waals surface area contributed by atoms with Crippen molar-refractivity contribution in [3.63, 3.8) is 0 Å². The summed E-state index contributed by atoms with van der Waals surface area (Å²) in [5.41, 5.74) is 1.74. The number of ether oxygens (including phenoxy) is 2. The summed E-state index contributed by atoms with van der Waals surface area (Å²) in [6.45, 7) is 8.19. The average molecular weight is 313 g/mol. The van der Waals surface area contributed by atoms with Gasteiger partial charge in [0.1, 0.15) is 6.10 Å². The third-order valence-electron chi connectivity index (χ3n) is 3.97. The molecular formula is C18H23N3O2. The predicted octanol–water partition coefficient (Wildman–Crippen LogP) is 2.68. The van der Waals surface area contributed by atoms with E-state index in [0.29, 0.717) is 5.88 Å². The number of morpholine rings is 1. The van der Waals surface area contributed by atoms with Crippen LogP contribution in [0.15, 0.2) is 43.1 Å². The van der Waals surface area contributed by atoms with E-state index in [4.69, 9.17) is 9.47 Å². The lowest BCUT2D eigenvalue weighted by molar-refractivity contribution is 0.0174. The maximum Gasteiger partial charge on any atom is 0.233 e. The molecule has 122 valence electrons. The highest BCUT2D eigenvalue weighted by atomic mass is 16.5. The number of hydrogen-bond acceptors (Lipinski definition) is 5. The summed E-state index contributed by atoms with van der Waals surface area (Å²) in [4.78, 5) is 11.4. The van der Waals surface area contributed by atoms with Crippen LogP contribution in [-0.4, -0.2) is 53.8 Å². The highest BCUT2D eigenvalue weighted by Crippen LogP contribution is 2.16. The minimum Gasteiger partial charge on any atom is -0.472 e. The summed E-state index contributed by atoms with van der Waals surface area (Å²) < 4.78 is 11.5. The molecule has 1 aromatic heterocycles. The fourth-order valence-electron chi connectivity index (χ4n) is 2.73. The molecule has 0 bridgehead atoms. The topological polar surface area (TPSA) is 47.5 Å². The molecule has 0 saturated carbocycles. The molecule has 1 aromatic carbocycles. The Hall–Kier alpha value is -1.98. The second-order valence-corrected chi connectivity index (χ2v) is 5.72. The Balaban J connectivity index is 1.68. The van der Waals surface area contributed by atoms with Crippen molar-refractivity contribution in [3.05, 3.63) is 43.1 Å². The number of aromatic nitrogens is 2. The maximum absolute atomic E-state index is 6.12. The van der Waals surface area contributed by atoms with Crippen LogP contribution >= 0.6 is 0 Å². The number of allylic oxidation sites excluding steroid dienone is 1. The van der Waals surface area contributed by atoms with Crippen molar-refractivity contribution in [1.82, 2.24) is 14.9 Å². The average Bonchev–Trinajstić information content (AvgIpc) is 2.60. The summed E-state index contributed by atoms with van der Waals surface area (Å²) in [6.07, 6.45) is 5.58. The van der Waals surface area contributed by atoms with Crippen molar-refractivity contribution < 1.29 is 9.47 Å². The van der Waals surface area contributed by atoms with Gasteiger partial charge in [0.15, 0.2) is 0 Å². The van der Waals surface area contributed by atoms with Crippen LogP contribution in [0, 0.1) is 0 Å². The Morgan fingerprint density at radius 1 is 1.26 bits per heavy atom. The van der Waals surface area contributed by atoms with E-state index in [-0.39, 0.29) is 6.10 Å². The van der Waals surface area contributed by atoms with Crippen LogP contribution in [0.25, 0.3) is 11.0 Å². The zero-order chi connectivity index (χ0) is 15.9. The highest BCUT2D eigenvalue weighted by molar-refractivity contribution is 5.73. The zero-order valence-corrected chi connectivity index (χ0v) is 13.4. The first-order chi connectivity index (χ1) is 11.3. The minimum atomic E-state index is 0.0848. The van der Waals surface area contributed by atoms with Crippen molar-refractivity contribution in [3.8, 4) is 5.88 Å². The molecule has 3 rings (SSSR count). The molecular weight excluding hydrogens is 290 g/mol. The Kier molecular flexibility index (Phi) is 5.56. The fraction of sp³-hybridized carbons (Fsp3) is 0.444. The highest BCUT2D eigenvalue weighted by Gasteiger charge is 2.18. The molecule has 5 heteroatoms. The Labute approximate surface area is 136 Å². The predicted molar refractivity (Wildman–Crippen MR) is 90.6 cm³/mol. The van der Waals surface area contributed by atoms with Gasteiger partial charge in [-0.25, -0.2) is 9.97 Å². The Bertz CT molecular complexity index is 641. The normalized spacial score (nSPS) is 17.0. The standard InChI is InChI=1S/C18H23N3O2/c1-2-3-6-15(14-21-9-11-22-12-10-21)23-18-13-19-16-7-4-5-8-17(16)20-18/h2,4-5,7-8,13,15H,1,3,6,9-12,14H2/t15-/m1/s1. The molecule has 0 N–H and O–H groups in total. The van der Waals surface area contributed by atoms with E-state index in [2.05, 4.69) is 21.4 Å². The molecule has 1 saturated heterocycles. The molecule has 0 spiro atoms. The first-order valence-electron chi connectivity index (χ1n) is 8.14. The van der Waals surface area contributed by atoms with Gasteiger partial charge in [-0.2, -0.15) is 0 Å². The quantitative estimate of drug-likeness (QED) is 0.736. The number of fused-ring (bicyclic) bond motifs is 1. The van der Waals surface area contributed by atoms with E-state index in [9.17, 15) is 0 Å². The summed E-state index contributed by atoms with van der Waals surface area (Å²) in [5.74, 6) is 0.589. The first kappa shape index (κ1) is 15.9. The second-order valence-electron chi connectivity index (χ2n) is 5.72. The summed E-state index contributed by atoms with van der Waals surface area (Å²) in [6, 6.07) is 7.83. The van der Waals surface area contributed by atoms with Gasteiger partial charge >= 0.3 is 0 Å². The van der Waals surface area contributed by atoms with E-state index in [1.165, 1.54) is 0 Å². The maximum atomic E-state index is 6.12. The molecule has 2 aromatic rings. The van der Waals surface area contributed by atoms with E-state index >= 15 is 0 Å². The van der Waals surface area contributed by atoms with Crippen LogP contribution in [0.2, 0.25) is 0 Å². The smallest absolute Gasteiger partial charge is 0.233 e. The van der Waals surface area contributed by atoms with E-state index in [1.807, 2.05) is 30.3 Å². The lowest BCUT2D eigenvalue weighted by atomic mass is 10.2. The van der Waals surface area contributed by atoms with Gasteiger partial charge in [-0.05, 0) is 25.0 Å². The summed E-state index contributed by atoms with van der Waals surface area (Å²) >= 11 is 0. The molecule has 1 atom stereocenters. The molecule has 0 aliphatic carbocycles. The van der Waals surface area contributed by atoms with Gasteiger partial charge in [0, 0.05) is 19.6 Å². The van der Waals surface area contributed by atoms with E-state index in [1.54, 1.807) is 6.20 Å². The minimum absolute atomic E-state index is 0.0848. The lowest BCUT2D eigenvalue weighted by Crippen LogP contribution is -2.42. The van der Waals surface area contributed by atoms with Crippen LogP contribution in [0.1, 0.15) is 12.8 Å². The Morgan fingerprint density at radius 2 is 2.04 bits per heavy atom. The van der Waals surface area contributed by atoms with E-state index < -0.39 is 0 Å². The molecule has 1 aliphatic heterocycles. The Morgan fingerprint density at radius 3 is 2.83 bits per heavy atom. The molecule has 0 amide bonds. The SMILES string of the molecule is C=CCC[C@H](CN1CCOCC1)Oc1cnc2ccccc2n1. The largest absolute Gasteiger partial charge is 0.472 e. The van der Waals surface area contributed by atoms with Crippen LogP contribution < -0.4 is 4.74 Å². The number of rotatable bonds is 7. The zero-order valence-electron chi connectivity index (χ0n) is 13.4. The van der Waals surface area contributed by atoms with Gasteiger partial charge in [0.05, 0.1) is 30.4 Å². The molecule has 0 unspecified atom stereocenters. The number of nitrogens with zero attached hydrogens (tertiary/aromatic N) is 3. The van der Waals surface area contributed by atoms with Crippen LogP contribution in [0.3, 0.4) is 0 Å². The molecule has 2 heterocycles. The number of hydrogen-bond donors (Lipinski definition) is 0. The molecule has 1 aliphatic rings. The van der Waals surface area contributed by atoms with Crippen LogP contribution in [0.5, 0.6) is 5.88 Å². The van der Waals surface area contributed by atoms with Gasteiger partial charge in [-0.15, -0.1) is 6.58 Å². The third kappa shape index (κ3) is 4.50. The molecule has 0 radical (unpaired) electrons. The fourth-order valence-corrected chi connectivity index (χ4v) is 2.73. The van der Waals surface area contributed by atoms with Gasteiger partial charge in [0.25, 0.3) is 0 Å². The van der Waals surface area contributed by atoms with Crippen molar-refractivity contribution in [2.24, 2.45) is 0 Å². The monoisotopic (exact) mass is 313 g/mol. The lowest BCUT2D eigenvalue weighted by Gasteiger charge is -2.30.